The smallest absolute Gasteiger partial charge is 0.305 e. The molecule has 2 atom stereocenters. The second kappa shape index (κ2) is 66.4. The fourth-order valence-corrected chi connectivity index (χ4v) is 11.5. The zero-order valence-corrected chi connectivity index (χ0v) is 52.0. The van der Waals surface area contributed by atoms with Crippen molar-refractivity contribution in [3.63, 3.8) is 0 Å². The summed E-state index contributed by atoms with van der Waals surface area (Å²) < 4.78 is 5.51. The Morgan fingerprint density at radius 1 is 0.316 bits per heavy atom. The Morgan fingerprint density at radius 3 is 0.803 bits per heavy atom. The summed E-state index contributed by atoms with van der Waals surface area (Å²) in [4.78, 5) is 24.7. The first-order valence-electron chi connectivity index (χ1n) is 35.3. The van der Waals surface area contributed by atoms with Crippen LogP contribution in [0.25, 0.3) is 0 Å². The van der Waals surface area contributed by atoms with Crippen molar-refractivity contribution in [3.8, 4) is 0 Å². The van der Waals surface area contributed by atoms with Gasteiger partial charge in [-0.25, -0.2) is 0 Å². The van der Waals surface area contributed by atoms with Crippen LogP contribution < -0.4 is 5.32 Å². The molecule has 454 valence electrons. The predicted molar refractivity (Wildman–Crippen MR) is 334 cm³/mol. The van der Waals surface area contributed by atoms with Crippen LogP contribution in [0.15, 0.2) is 0 Å². The molecule has 0 rings (SSSR count). The van der Waals surface area contributed by atoms with E-state index < -0.39 is 12.1 Å². The van der Waals surface area contributed by atoms with Gasteiger partial charge in [0.25, 0.3) is 0 Å². The van der Waals surface area contributed by atoms with E-state index in [1.54, 1.807) is 0 Å². The highest BCUT2D eigenvalue weighted by Gasteiger charge is 2.20. The highest BCUT2D eigenvalue weighted by molar-refractivity contribution is 5.76. The monoisotopic (exact) mass is 1070 g/mol. The predicted octanol–water partition coefficient (Wildman–Crippen LogP) is 22.6. The summed E-state index contributed by atoms with van der Waals surface area (Å²) in [6.07, 6.45) is 80.0. The SMILES string of the molecule is CCCCCCCCCCCCCCCCCCCCCCCCC(O)C(CO)NC(=O)CCCCCCCCCCCCCCCCCCCCOC(=O)CCCCCCCCCCCCCCCCCCCCC. The summed E-state index contributed by atoms with van der Waals surface area (Å²) in [5.74, 6) is -0.0193. The summed E-state index contributed by atoms with van der Waals surface area (Å²) in [7, 11) is 0. The quantitative estimate of drug-likeness (QED) is 0.0417. The molecule has 0 saturated carbocycles. The number of hydrogen-bond donors (Lipinski definition) is 3. The first kappa shape index (κ1) is 74.9. The average Bonchev–Trinajstić information content (AvgIpc) is 3.42. The fourth-order valence-electron chi connectivity index (χ4n) is 11.5. The molecule has 0 aromatic carbocycles. The third kappa shape index (κ3) is 62.1. The van der Waals surface area contributed by atoms with Crippen molar-refractivity contribution in [2.24, 2.45) is 0 Å². The number of esters is 1. The molecule has 0 saturated heterocycles. The van der Waals surface area contributed by atoms with E-state index in [0.717, 1.165) is 38.5 Å². The van der Waals surface area contributed by atoms with Gasteiger partial charge >= 0.3 is 5.97 Å². The summed E-state index contributed by atoms with van der Waals surface area (Å²) in [6.45, 7) is 5.00. The summed E-state index contributed by atoms with van der Waals surface area (Å²) in [5, 5.41) is 23.4. The highest BCUT2D eigenvalue weighted by atomic mass is 16.5. The summed E-state index contributed by atoms with van der Waals surface area (Å²) >= 11 is 0. The zero-order chi connectivity index (χ0) is 55.0. The van der Waals surface area contributed by atoms with Gasteiger partial charge in [-0.3, -0.25) is 9.59 Å². The van der Waals surface area contributed by atoms with Crippen LogP contribution in [0, 0.1) is 0 Å². The van der Waals surface area contributed by atoms with Crippen molar-refractivity contribution in [1.29, 1.82) is 0 Å². The number of aliphatic hydroxyl groups is 2. The zero-order valence-electron chi connectivity index (χ0n) is 52.0. The number of carbonyl (C=O) groups excluding carboxylic acids is 2. The lowest BCUT2D eigenvalue weighted by Crippen LogP contribution is -2.45. The van der Waals surface area contributed by atoms with Crippen molar-refractivity contribution >= 4 is 11.9 Å². The third-order valence-electron chi connectivity index (χ3n) is 16.9. The Morgan fingerprint density at radius 2 is 0.539 bits per heavy atom. The van der Waals surface area contributed by atoms with Gasteiger partial charge in [0.15, 0.2) is 0 Å². The summed E-state index contributed by atoms with van der Waals surface area (Å²) in [5.41, 5.74) is 0. The van der Waals surface area contributed by atoms with Gasteiger partial charge in [0, 0.05) is 12.8 Å². The molecule has 0 aliphatic carbocycles. The Bertz CT molecular complexity index is 1100. The van der Waals surface area contributed by atoms with Crippen molar-refractivity contribution in [3.05, 3.63) is 0 Å². The van der Waals surface area contributed by atoms with E-state index in [0.29, 0.717) is 25.9 Å². The lowest BCUT2D eigenvalue weighted by Gasteiger charge is -2.22. The lowest BCUT2D eigenvalue weighted by molar-refractivity contribution is -0.143. The first-order valence-corrected chi connectivity index (χ1v) is 35.3. The molecule has 6 heteroatoms. The first-order chi connectivity index (χ1) is 37.5. The van der Waals surface area contributed by atoms with Gasteiger partial charge in [-0.2, -0.15) is 0 Å². The molecule has 0 aromatic rings. The van der Waals surface area contributed by atoms with Crippen molar-refractivity contribution in [1.82, 2.24) is 5.32 Å². The van der Waals surface area contributed by atoms with Crippen LogP contribution in [0.3, 0.4) is 0 Å². The van der Waals surface area contributed by atoms with Crippen LogP contribution in [0.1, 0.15) is 412 Å². The molecule has 3 N–H and O–H groups in total. The normalized spacial score (nSPS) is 12.4. The average molecular weight is 1070 g/mol. The van der Waals surface area contributed by atoms with Crippen LogP contribution in [0.4, 0.5) is 0 Å². The number of nitrogens with one attached hydrogen (secondary N) is 1. The number of aliphatic hydroxyl groups excluding tert-OH is 2. The number of rotatable bonds is 67. The van der Waals surface area contributed by atoms with Crippen molar-refractivity contribution in [2.75, 3.05) is 13.2 Å². The molecule has 6 nitrogen and oxygen atoms in total. The largest absolute Gasteiger partial charge is 0.466 e. The maximum atomic E-state index is 12.5. The maximum absolute atomic E-state index is 12.5. The van der Waals surface area contributed by atoms with E-state index in [-0.39, 0.29) is 18.5 Å². The Kier molecular flexibility index (Phi) is 65.4. The van der Waals surface area contributed by atoms with Gasteiger partial charge in [-0.15, -0.1) is 0 Å². The van der Waals surface area contributed by atoms with E-state index in [1.165, 1.54) is 340 Å². The molecule has 0 radical (unpaired) electrons. The van der Waals surface area contributed by atoms with E-state index in [1.807, 2.05) is 0 Å². The molecule has 76 heavy (non-hydrogen) atoms. The maximum Gasteiger partial charge on any atom is 0.305 e. The number of ether oxygens (including phenoxy) is 1. The molecule has 2 unspecified atom stereocenters. The molecule has 0 fully saturated rings. The van der Waals surface area contributed by atoms with Crippen molar-refractivity contribution < 1.29 is 24.5 Å². The molecular weight excluding hydrogens is 935 g/mol. The van der Waals surface area contributed by atoms with Gasteiger partial charge in [0.1, 0.15) is 0 Å². The second-order valence-electron chi connectivity index (χ2n) is 24.6. The van der Waals surface area contributed by atoms with Gasteiger partial charge < -0.3 is 20.3 Å². The molecule has 1 amide bonds. The Hall–Kier alpha value is -1.14. The van der Waals surface area contributed by atoms with Crippen LogP contribution in [-0.2, 0) is 14.3 Å². The van der Waals surface area contributed by atoms with Gasteiger partial charge in [-0.1, -0.05) is 373 Å². The highest BCUT2D eigenvalue weighted by Crippen LogP contribution is 2.20. The van der Waals surface area contributed by atoms with Crippen LogP contribution in [-0.4, -0.2) is 47.4 Å². The molecule has 0 bridgehead atoms. The fraction of sp³-hybridized carbons (Fsp3) is 0.971. The topological polar surface area (TPSA) is 95.9 Å². The van der Waals surface area contributed by atoms with Gasteiger partial charge in [0.05, 0.1) is 25.4 Å². The number of hydrogen-bond acceptors (Lipinski definition) is 5. The van der Waals surface area contributed by atoms with Crippen LogP contribution >= 0.6 is 0 Å². The molecule has 0 spiro atoms. The Balaban J connectivity index is 3.37. The van der Waals surface area contributed by atoms with E-state index in [9.17, 15) is 19.8 Å². The molecule has 0 aliphatic rings. The number of carbonyl (C=O) groups is 2. The van der Waals surface area contributed by atoms with E-state index in [4.69, 9.17) is 4.74 Å². The molecule has 0 aromatic heterocycles. The third-order valence-corrected chi connectivity index (χ3v) is 16.9. The lowest BCUT2D eigenvalue weighted by atomic mass is 10.0. The number of amides is 1. The minimum absolute atomic E-state index is 0.0139. The molecule has 0 aliphatic heterocycles. The second-order valence-corrected chi connectivity index (χ2v) is 24.6. The number of unbranched alkanes of at least 4 members (excludes halogenated alkanes) is 56. The minimum Gasteiger partial charge on any atom is -0.466 e. The van der Waals surface area contributed by atoms with Crippen LogP contribution in [0.5, 0.6) is 0 Å². The standard InChI is InChI=1S/C70H139NO5/c1-3-5-7-9-11-13-15-17-19-21-23-24-25-27-30-34-38-42-46-50-54-58-62-68(73)67(66-72)71-69(74)63-59-55-51-47-43-39-35-31-28-29-33-37-41-45-49-53-57-61-65-76-70(75)64-60-56-52-48-44-40-36-32-26-22-20-18-16-14-12-10-8-6-4-2/h67-68,72-73H,3-66H2,1-2H3,(H,71,74). The molecular formula is C70H139NO5. The van der Waals surface area contributed by atoms with E-state index >= 15 is 0 Å². The molecule has 0 heterocycles. The Labute approximate surface area is 476 Å². The van der Waals surface area contributed by atoms with Gasteiger partial charge in [-0.05, 0) is 25.7 Å². The van der Waals surface area contributed by atoms with E-state index in [2.05, 4.69) is 19.2 Å². The minimum atomic E-state index is -0.667. The summed E-state index contributed by atoms with van der Waals surface area (Å²) in [6, 6.07) is -0.545. The van der Waals surface area contributed by atoms with Gasteiger partial charge in [0.2, 0.25) is 5.91 Å². The van der Waals surface area contributed by atoms with Crippen molar-refractivity contribution in [2.45, 2.75) is 424 Å². The van der Waals surface area contributed by atoms with Crippen LogP contribution in [0.2, 0.25) is 0 Å².